The Morgan fingerprint density at radius 3 is 3.22 bits per heavy atom. The van der Waals surface area contributed by atoms with Crippen LogP contribution in [-0.2, 0) is 16.0 Å². The smallest absolute Gasteiger partial charge is 0.283 e. The SMILES string of the molecule is COCCn1ncc(NC2CCOC2)c(Br)c1=O. The summed E-state index contributed by atoms with van der Waals surface area (Å²) >= 11 is 3.31. The molecule has 2 heterocycles. The number of hydrogen-bond acceptors (Lipinski definition) is 5. The largest absolute Gasteiger partial charge is 0.383 e. The van der Waals surface area contributed by atoms with Crippen molar-refractivity contribution in [3.63, 3.8) is 0 Å². The second kappa shape index (κ2) is 6.31. The van der Waals surface area contributed by atoms with Gasteiger partial charge in [-0.25, -0.2) is 4.68 Å². The lowest BCUT2D eigenvalue weighted by Gasteiger charge is -2.14. The summed E-state index contributed by atoms with van der Waals surface area (Å²) < 4.78 is 12.1. The molecule has 1 saturated heterocycles. The van der Waals surface area contributed by atoms with E-state index in [0.717, 1.165) is 13.0 Å². The van der Waals surface area contributed by atoms with Gasteiger partial charge in [-0.3, -0.25) is 4.79 Å². The van der Waals surface area contributed by atoms with E-state index in [1.165, 1.54) is 4.68 Å². The maximum atomic E-state index is 12.0. The number of ether oxygens (including phenoxy) is 2. The predicted octanol–water partition coefficient (Wildman–Crippen LogP) is 0.853. The Morgan fingerprint density at radius 1 is 1.72 bits per heavy atom. The highest BCUT2D eigenvalue weighted by atomic mass is 79.9. The molecular weight excluding hydrogens is 302 g/mol. The van der Waals surface area contributed by atoms with Crippen LogP contribution in [0, 0.1) is 0 Å². The molecule has 2 rings (SSSR count). The minimum absolute atomic E-state index is 0.157. The average Bonchev–Trinajstić information content (AvgIpc) is 2.87. The van der Waals surface area contributed by atoms with E-state index in [1.807, 2.05) is 0 Å². The van der Waals surface area contributed by atoms with E-state index >= 15 is 0 Å². The first kappa shape index (κ1) is 13.5. The van der Waals surface area contributed by atoms with Gasteiger partial charge >= 0.3 is 0 Å². The number of nitrogens with zero attached hydrogens (tertiary/aromatic N) is 2. The Kier molecular flexibility index (Phi) is 4.73. The third kappa shape index (κ3) is 3.09. The predicted molar refractivity (Wildman–Crippen MR) is 70.9 cm³/mol. The summed E-state index contributed by atoms with van der Waals surface area (Å²) in [4.78, 5) is 12.0. The zero-order valence-corrected chi connectivity index (χ0v) is 11.8. The zero-order valence-electron chi connectivity index (χ0n) is 10.2. The van der Waals surface area contributed by atoms with Crippen molar-refractivity contribution in [3.05, 3.63) is 21.0 Å². The molecule has 1 fully saturated rings. The van der Waals surface area contributed by atoms with E-state index in [0.29, 0.717) is 29.9 Å². The van der Waals surface area contributed by atoms with Gasteiger partial charge in [-0.05, 0) is 22.4 Å². The second-order valence-corrected chi connectivity index (χ2v) is 4.89. The fraction of sp³-hybridized carbons (Fsp3) is 0.636. The Bertz CT molecular complexity index is 457. The summed E-state index contributed by atoms with van der Waals surface area (Å²) in [7, 11) is 1.59. The Hall–Kier alpha value is -0.920. The summed E-state index contributed by atoms with van der Waals surface area (Å²) in [5, 5.41) is 7.36. The highest BCUT2D eigenvalue weighted by Crippen LogP contribution is 2.19. The van der Waals surface area contributed by atoms with Crippen molar-refractivity contribution in [2.75, 3.05) is 32.2 Å². The van der Waals surface area contributed by atoms with Crippen molar-refractivity contribution in [3.8, 4) is 0 Å². The van der Waals surface area contributed by atoms with Crippen molar-refractivity contribution in [1.29, 1.82) is 0 Å². The van der Waals surface area contributed by atoms with Crippen LogP contribution < -0.4 is 10.9 Å². The van der Waals surface area contributed by atoms with E-state index < -0.39 is 0 Å². The van der Waals surface area contributed by atoms with Crippen LogP contribution in [0.15, 0.2) is 15.5 Å². The van der Waals surface area contributed by atoms with Crippen LogP contribution in [0.25, 0.3) is 0 Å². The van der Waals surface area contributed by atoms with Crippen molar-refractivity contribution in [2.24, 2.45) is 0 Å². The molecule has 0 spiro atoms. The van der Waals surface area contributed by atoms with Crippen molar-refractivity contribution in [2.45, 2.75) is 19.0 Å². The van der Waals surface area contributed by atoms with Crippen LogP contribution >= 0.6 is 15.9 Å². The fourth-order valence-electron chi connectivity index (χ4n) is 1.77. The molecule has 18 heavy (non-hydrogen) atoms. The first-order valence-electron chi connectivity index (χ1n) is 5.81. The van der Waals surface area contributed by atoms with Crippen LogP contribution in [0.2, 0.25) is 0 Å². The van der Waals surface area contributed by atoms with Gasteiger partial charge in [0, 0.05) is 13.7 Å². The molecule has 1 aromatic rings. The van der Waals surface area contributed by atoms with Crippen LogP contribution in [0.3, 0.4) is 0 Å². The topological polar surface area (TPSA) is 65.4 Å². The minimum Gasteiger partial charge on any atom is -0.383 e. The number of halogens is 1. The first-order valence-corrected chi connectivity index (χ1v) is 6.60. The molecule has 0 radical (unpaired) electrons. The summed E-state index contributed by atoms with van der Waals surface area (Å²) in [5.41, 5.74) is 0.556. The van der Waals surface area contributed by atoms with Crippen LogP contribution in [-0.4, -0.2) is 42.8 Å². The maximum absolute atomic E-state index is 12.0. The molecule has 1 aliphatic heterocycles. The maximum Gasteiger partial charge on any atom is 0.283 e. The van der Waals surface area contributed by atoms with Gasteiger partial charge in [0.15, 0.2) is 0 Å². The minimum atomic E-state index is -0.157. The first-order chi connectivity index (χ1) is 8.72. The molecule has 1 atom stereocenters. The monoisotopic (exact) mass is 317 g/mol. The summed E-state index contributed by atoms with van der Waals surface area (Å²) in [6.45, 7) is 2.33. The number of nitrogens with one attached hydrogen (secondary N) is 1. The van der Waals surface area contributed by atoms with Crippen LogP contribution in [0.4, 0.5) is 5.69 Å². The third-order valence-corrected chi connectivity index (χ3v) is 3.55. The van der Waals surface area contributed by atoms with Crippen molar-refractivity contribution < 1.29 is 9.47 Å². The van der Waals surface area contributed by atoms with Gasteiger partial charge in [-0.1, -0.05) is 0 Å². The van der Waals surface area contributed by atoms with E-state index in [9.17, 15) is 4.79 Å². The third-order valence-electron chi connectivity index (χ3n) is 2.78. The molecule has 6 nitrogen and oxygen atoms in total. The van der Waals surface area contributed by atoms with Crippen molar-refractivity contribution in [1.82, 2.24) is 9.78 Å². The van der Waals surface area contributed by atoms with E-state index in [-0.39, 0.29) is 11.6 Å². The molecule has 1 unspecified atom stereocenters. The average molecular weight is 318 g/mol. The molecule has 1 aromatic heterocycles. The van der Waals surface area contributed by atoms with Crippen LogP contribution in [0.1, 0.15) is 6.42 Å². The molecule has 0 aliphatic carbocycles. The molecule has 0 aromatic carbocycles. The summed E-state index contributed by atoms with van der Waals surface area (Å²) in [6.07, 6.45) is 2.60. The van der Waals surface area contributed by atoms with Gasteiger partial charge in [0.05, 0.1) is 37.7 Å². The van der Waals surface area contributed by atoms with Gasteiger partial charge in [-0.15, -0.1) is 0 Å². The Balaban J connectivity index is 2.12. The van der Waals surface area contributed by atoms with Gasteiger partial charge in [-0.2, -0.15) is 5.10 Å². The normalized spacial score (nSPS) is 19.1. The standard InChI is InChI=1S/C11H16BrN3O3/c1-17-5-3-15-11(16)10(12)9(6-13-15)14-8-2-4-18-7-8/h6,8,14H,2-5,7H2,1H3. The lowest BCUT2D eigenvalue weighted by molar-refractivity contribution is 0.181. The molecule has 7 heteroatoms. The lowest BCUT2D eigenvalue weighted by Crippen LogP contribution is -2.28. The number of aromatic nitrogens is 2. The summed E-state index contributed by atoms with van der Waals surface area (Å²) in [6, 6.07) is 0.248. The summed E-state index contributed by atoms with van der Waals surface area (Å²) in [5.74, 6) is 0. The lowest BCUT2D eigenvalue weighted by atomic mass is 10.2. The van der Waals surface area contributed by atoms with Gasteiger partial charge in [0.2, 0.25) is 0 Å². The van der Waals surface area contributed by atoms with E-state index in [1.54, 1.807) is 13.3 Å². The highest BCUT2D eigenvalue weighted by molar-refractivity contribution is 9.10. The van der Waals surface area contributed by atoms with Gasteiger partial charge in [0.1, 0.15) is 4.47 Å². The quantitative estimate of drug-likeness (QED) is 0.872. The molecular formula is C11H16BrN3O3. The Morgan fingerprint density at radius 2 is 2.56 bits per heavy atom. The molecule has 1 aliphatic rings. The van der Waals surface area contributed by atoms with Crippen LogP contribution in [0.5, 0.6) is 0 Å². The number of rotatable bonds is 5. The molecule has 0 bridgehead atoms. The Labute approximate surface area is 113 Å². The molecule has 0 amide bonds. The number of anilines is 1. The second-order valence-electron chi connectivity index (χ2n) is 4.10. The highest BCUT2D eigenvalue weighted by Gasteiger charge is 2.17. The van der Waals surface area contributed by atoms with E-state index in [4.69, 9.17) is 9.47 Å². The fourth-order valence-corrected chi connectivity index (χ4v) is 2.19. The van der Waals surface area contributed by atoms with Gasteiger partial charge in [0.25, 0.3) is 5.56 Å². The molecule has 100 valence electrons. The zero-order chi connectivity index (χ0) is 13.0. The number of hydrogen-bond donors (Lipinski definition) is 1. The van der Waals surface area contributed by atoms with E-state index in [2.05, 4.69) is 26.3 Å². The molecule has 0 saturated carbocycles. The molecule has 1 N–H and O–H groups in total. The number of methoxy groups -OCH3 is 1. The van der Waals surface area contributed by atoms with Gasteiger partial charge < -0.3 is 14.8 Å². The van der Waals surface area contributed by atoms with Crippen molar-refractivity contribution >= 4 is 21.6 Å².